The molecule has 1 aliphatic rings. The normalized spacial score (nSPS) is 17.1. The van der Waals surface area contributed by atoms with Gasteiger partial charge in [-0.1, -0.05) is 35.0 Å². The van der Waals surface area contributed by atoms with Crippen LogP contribution in [0, 0.1) is 12.8 Å². The smallest absolute Gasteiger partial charge is 0.332 e. The lowest BCUT2D eigenvalue weighted by Gasteiger charge is -2.33. The van der Waals surface area contributed by atoms with Crippen molar-refractivity contribution < 1.29 is 9.84 Å². The van der Waals surface area contributed by atoms with E-state index in [4.69, 9.17) is 14.7 Å². The van der Waals surface area contributed by atoms with Gasteiger partial charge in [0.15, 0.2) is 11.2 Å². The second-order valence-electron chi connectivity index (χ2n) is 9.87. The van der Waals surface area contributed by atoms with Gasteiger partial charge in [0.1, 0.15) is 11.9 Å². The van der Waals surface area contributed by atoms with E-state index in [2.05, 4.69) is 22.9 Å². The van der Waals surface area contributed by atoms with Crippen LogP contribution in [0.5, 0.6) is 5.88 Å². The van der Waals surface area contributed by atoms with Crippen LogP contribution in [0.25, 0.3) is 22.6 Å². The number of aliphatic hydroxyl groups excluding tert-OH is 1. The van der Waals surface area contributed by atoms with E-state index in [-0.39, 0.29) is 19.3 Å². The maximum atomic E-state index is 13.7. The van der Waals surface area contributed by atoms with Gasteiger partial charge in [-0.15, -0.1) is 0 Å². The first-order chi connectivity index (χ1) is 18.3. The van der Waals surface area contributed by atoms with Gasteiger partial charge >= 0.3 is 5.69 Å². The minimum absolute atomic E-state index is 0.113. The highest BCUT2D eigenvalue weighted by Gasteiger charge is 2.29. The summed E-state index contributed by atoms with van der Waals surface area (Å²) in [6.07, 6.45) is 2.69. The number of aryl methyl sites for hydroxylation is 2. The Morgan fingerprint density at radius 2 is 1.82 bits per heavy atom. The van der Waals surface area contributed by atoms with Gasteiger partial charge in [-0.05, 0) is 62.8 Å². The summed E-state index contributed by atoms with van der Waals surface area (Å²) in [5.74, 6) is 1.66. The summed E-state index contributed by atoms with van der Waals surface area (Å²) in [5.41, 5.74) is 2.34. The molecule has 38 heavy (non-hydrogen) atoms. The van der Waals surface area contributed by atoms with Crippen molar-refractivity contribution in [3.05, 3.63) is 73.0 Å². The minimum Gasteiger partial charge on any atom is -0.474 e. The molecule has 3 heterocycles. The molecule has 0 bridgehead atoms. The Balaban J connectivity index is 1.70. The lowest BCUT2D eigenvalue weighted by atomic mass is 9.84. The molecule has 1 saturated carbocycles. The maximum absolute atomic E-state index is 13.7. The molecule has 1 aromatic carbocycles. The second-order valence-corrected chi connectivity index (χ2v) is 10.8. The average Bonchev–Trinajstić information content (AvgIpc) is 3.26. The van der Waals surface area contributed by atoms with E-state index in [1.54, 1.807) is 0 Å². The molecule has 0 aliphatic heterocycles. The van der Waals surface area contributed by atoms with Crippen molar-refractivity contribution in [2.75, 3.05) is 6.61 Å². The number of ether oxygens (including phenoxy) is 1. The zero-order chi connectivity index (χ0) is 27.0. The third-order valence-electron chi connectivity index (χ3n) is 7.34. The van der Waals surface area contributed by atoms with Crippen LogP contribution in [0.4, 0.5) is 0 Å². The van der Waals surface area contributed by atoms with E-state index in [9.17, 15) is 14.7 Å². The SMILES string of the molecule is CCn1c(=O)n(CCCO)c(=O)c2c1nc(-c1ccc(OC3CCC3C)nc1C)n2Cc1ccc(Br)cc1. The van der Waals surface area contributed by atoms with Crippen molar-refractivity contribution in [3.63, 3.8) is 0 Å². The van der Waals surface area contributed by atoms with E-state index in [0.29, 0.717) is 48.3 Å². The van der Waals surface area contributed by atoms with Crippen LogP contribution in [-0.2, 0) is 19.6 Å². The zero-order valence-electron chi connectivity index (χ0n) is 21.9. The van der Waals surface area contributed by atoms with Crippen LogP contribution in [0.15, 0.2) is 50.5 Å². The quantitative estimate of drug-likeness (QED) is 0.319. The Bertz CT molecular complexity index is 1590. The van der Waals surface area contributed by atoms with Crippen LogP contribution < -0.4 is 16.0 Å². The molecule has 1 aliphatic carbocycles. The number of pyridine rings is 1. The van der Waals surface area contributed by atoms with Crippen molar-refractivity contribution in [2.45, 2.75) is 65.8 Å². The predicted octanol–water partition coefficient (Wildman–Crippen LogP) is 4.12. The molecule has 2 atom stereocenters. The van der Waals surface area contributed by atoms with Gasteiger partial charge in [0.2, 0.25) is 5.88 Å². The largest absolute Gasteiger partial charge is 0.474 e. The van der Waals surface area contributed by atoms with E-state index < -0.39 is 11.2 Å². The molecule has 3 aromatic heterocycles. The fraction of sp³-hybridized carbons (Fsp3) is 0.429. The predicted molar refractivity (Wildman–Crippen MR) is 150 cm³/mol. The van der Waals surface area contributed by atoms with Crippen LogP contribution in [0.2, 0.25) is 0 Å². The molecule has 0 saturated heterocycles. The Morgan fingerprint density at radius 1 is 1.05 bits per heavy atom. The number of hydrogen-bond acceptors (Lipinski definition) is 6. The lowest BCUT2D eigenvalue weighted by Crippen LogP contribution is -2.40. The average molecular weight is 582 g/mol. The highest BCUT2D eigenvalue weighted by atomic mass is 79.9. The number of rotatable bonds is 9. The highest BCUT2D eigenvalue weighted by Crippen LogP contribution is 2.32. The summed E-state index contributed by atoms with van der Waals surface area (Å²) in [6.45, 7) is 6.70. The molecule has 10 heteroatoms. The van der Waals surface area contributed by atoms with Crippen LogP contribution in [0.3, 0.4) is 0 Å². The second kappa shape index (κ2) is 10.9. The first-order valence-corrected chi connectivity index (χ1v) is 13.9. The number of aliphatic hydroxyl groups is 1. The monoisotopic (exact) mass is 581 g/mol. The van der Waals surface area contributed by atoms with Crippen molar-refractivity contribution in [2.24, 2.45) is 5.92 Å². The number of nitrogens with zero attached hydrogens (tertiary/aromatic N) is 5. The summed E-state index contributed by atoms with van der Waals surface area (Å²) < 4.78 is 11.6. The number of imidazole rings is 1. The lowest BCUT2D eigenvalue weighted by molar-refractivity contribution is 0.0534. The van der Waals surface area contributed by atoms with Crippen molar-refractivity contribution >= 4 is 27.1 Å². The van der Waals surface area contributed by atoms with Gasteiger partial charge in [-0.25, -0.2) is 14.8 Å². The molecule has 1 N–H and O–H groups in total. The van der Waals surface area contributed by atoms with Crippen molar-refractivity contribution in [3.8, 4) is 17.3 Å². The summed E-state index contributed by atoms with van der Waals surface area (Å²) in [6, 6.07) is 11.7. The number of benzene rings is 1. The molecule has 4 aromatic rings. The van der Waals surface area contributed by atoms with Crippen LogP contribution >= 0.6 is 15.9 Å². The number of halogens is 1. The molecule has 5 rings (SSSR count). The molecular weight excluding hydrogens is 550 g/mol. The van der Waals surface area contributed by atoms with Crippen LogP contribution in [0.1, 0.15) is 44.4 Å². The standard InChI is InChI=1S/C28H32BrN5O4/c1-4-32-26-24(27(36)33(28(32)37)14-5-15-35)34(16-19-7-9-20(29)10-8-19)25(31-26)21-11-13-23(30-18(21)3)38-22-12-6-17(22)2/h7-11,13,17,22,35H,4-6,12,14-16H2,1-3H3. The minimum atomic E-state index is -0.425. The molecule has 200 valence electrons. The summed E-state index contributed by atoms with van der Waals surface area (Å²) in [7, 11) is 0. The molecule has 0 radical (unpaired) electrons. The number of hydrogen-bond donors (Lipinski definition) is 1. The van der Waals surface area contributed by atoms with Crippen molar-refractivity contribution in [1.82, 2.24) is 23.7 Å². The summed E-state index contributed by atoms with van der Waals surface area (Å²) in [4.78, 5) is 36.5. The van der Waals surface area contributed by atoms with Gasteiger partial charge in [0.05, 0.1) is 5.69 Å². The van der Waals surface area contributed by atoms with E-state index in [1.165, 1.54) is 9.13 Å². The fourth-order valence-electron chi connectivity index (χ4n) is 4.94. The topological polar surface area (TPSA) is 104 Å². The fourth-order valence-corrected chi connectivity index (χ4v) is 5.20. The van der Waals surface area contributed by atoms with Gasteiger partial charge in [-0.2, -0.15) is 0 Å². The highest BCUT2D eigenvalue weighted by molar-refractivity contribution is 9.10. The Morgan fingerprint density at radius 3 is 2.42 bits per heavy atom. The van der Waals surface area contributed by atoms with Gasteiger partial charge < -0.3 is 14.4 Å². The molecule has 2 unspecified atom stereocenters. The van der Waals surface area contributed by atoms with E-state index in [0.717, 1.165) is 34.1 Å². The molecule has 1 fully saturated rings. The van der Waals surface area contributed by atoms with E-state index >= 15 is 0 Å². The molecule has 0 spiro atoms. The first-order valence-electron chi connectivity index (χ1n) is 13.1. The van der Waals surface area contributed by atoms with E-state index in [1.807, 2.05) is 54.8 Å². The van der Waals surface area contributed by atoms with Crippen molar-refractivity contribution in [1.29, 1.82) is 0 Å². The zero-order valence-corrected chi connectivity index (χ0v) is 23.4. The molecule has 0 amide bonds. The Labute approximate surface area is 228 Å². The first kappa shape index (κ1) is 26.4. The summed E-state index contributed by atoms with van der Waals surface area (Å²) >= 11 is 3.48. The maximum Gasteiger partial charge on any atom is 0.332 e. The van der Waals surface area contributed by atoms with Gasteiger partial charge in [0, 0.05) is 42.3 Å². The Hall–Kier alpha value is -3.24. The molecular formula is C28H32BrN5O4. The molecule has 9 nitrogen and oxygen atoms in total. The van der Waals surface area contributed by atoms with Crippen LogP contribution in [-0.4, -0.2) is 41.5 Å². The third-order valence-corrected chi connectivity index (χ3v) is 7.87. The van der Waals surface area contributed by atoms with Gasteiger partial charge in [-0.3, -0.25) is 13.9 Å². The number of aromatic nitrogens is 5. The number of fused-ring (bicyclic) bond motifs is 1. The third kappa shape index (κ3) is 4.82. The summed E-state index contributed by atoms with van der Waals surface area (Å²) in [5, 5.41) is 9.35. The van der Waals surface area contributed by atoms with Gasteiger partial charge in [0.25, 0.3) is 5.56 Å². The Kier molecular flexibility index (Phi) is 7.54.